The van der Waals surface area contributed by atoms with E-state index >= 15 is 0 Å². The van der Waals surface area contributed by atoms with E-state index in [4.69, 9.17) is 0 Å². The van der Waals surface area contributed by atoms with Gasteiger partial charge < -0.3 is 14.7 Å². The maximum absolute atomic E-state index is 2.52. The van der Waals surface area contributed by atoms with Gasteiger partial charge in [-0.1, -0.05) is 105 Å². The van der Waals surface area contributed by atoms with Gasteiger partial charge >= 0.3 is 0 Å². The molecule has 0 atom stereocenters. The van der Waals surface area contributed by atoms with E-state index in [1.807, 2.05) is 0 Å². The van der Waals surface area contributed by atoms with Gasteiger partial charge in [-0.2, -0.15) is 0 Å². The van der Waals surface area contributed by atoms with Gasteiger partial charge in [0.25, 0.3) is 0 Å². The largest absolute Gasteiger partial charge is 0.306 e. The molecule has 4 heteroatoms. The summed E-state index contributed by atoms with van der Waals surface area (Å²) < 4.78 is 0. The Morgan fingerprint density at radius 2 is 0.922 bits per heavy atom. The Kier molecular flexibility index (Phi) is 6.48. The molecule has 0 bridgehead atoms. The molecule has 3 aliphatic heterocycles. The minimum Gasteiger partial charge on any atom is -0.306 e. The van der Waals surface area contributed by atoms with Gasteiger partial charge in [0.05, 0.1) is 60.4 Å². The fourth-order valence-electron chi connectivity index (χ4n) is 8.81. The lowest BCUT2D eigenvalue weighted by atomic mass is 9.72. The number of fused-ring (bicyclic) bond motifs is 6. The standard InChI is InChI=1S/C47H39N3P/c1-47(2)36-17-8-9-19-38(36)50-43-31-33(32-15-6-5-7-16-32)25-30-39(43)48(42-22-14-18-37(47)46(42)50)34-26-28-35(29-27-34)49-40-20-10-12-23-44(40)51(3,4)45-24-13-11-21-41(45)49/h5-31H,1-4H3/q+1. The van der Waals surface area contributed by atoms with Crippen molar-refractivity contribution in [2.24, 2.45) is 0 Å². The molecule has 0 aliphatic carbocycles. The summed E-state index contributed by atoms with van der Waals surface area (Å²) in [7, 11) is -1.50. The SMILES string of the molecule is CC1(C)c2ccccc2N2c3cc(-c4ccccc4)ccc3N(c3ccc(N4c5ccccc5[P+](C)(C)c5ccccc54)cc3)c3cccc1c32. The fourth-order valence-corrected chi connectivity index (χ4v) is 11.5. The van der Waals surface area contributed by atoms with Crippen molar-refractivity contribution in [2.45, 2.75) is 19.3 Å². The van der Waals surface area contributed by atoms with E-state index in [0.717, 1.165) is 5.69 Å². The molecule has 0 radical (unpaired) electrons. The highest BCUT2D eigenvalue weighted by Gasteiger charge is 2.44. The molecule has 3 heterocycles. The van der Waals surface area contributed by atoms with Gasteiger partial charge in [0, 0.05) is 16.8 Å². The van der Waals surface area contributed by atoms with E-state index in [9.17, 15) is 0 Å². The fraction of sp³-hybridized carbons (Fsp3) is 0.106. The van der Waals surface area contributed by atoms with Crippen LogP contribution in [0.5, 0.6) is 0 Å². The average Bonchev–Trinajstić information content (AvgIpc) is 3.17. The van der Waals surface area contributed by atoms with Crippen LogP contribution in [0, 0.1) is 0 Å². The first-order valence-electron chi connectivity index (χ1n) is 17.8. The second kappa shape index (κ2) is 10.9. The summed E-state index contributed by atoms with van der Waals surface area (Å²) in [4.78, 5) is 7.45. The highest BCUT2D eigenvalue weighted by Crippen LogP contribution is 2.62. The highest BCUT2D eigenvalue weighted by atomic mass is 31.2. The maximum Gasteiger partial charge on any atom is 0.122 e. The first-order chi connectivity index (χ1) is 24.8. The molecule has 0 unspecified atom stereocenters. The molecule has 51 heavy (non-hydrogen) atoms. The van der Waals surface area contributed by atoms with Crippen LogP contribution < -0.4 is 25.3 Å². The van der Waals surface area contributed by atoms with Gasteiger partial charge in [-0.05, 0) is 95.1 Å². The summed E-state index contributed by atoms with van der Waals surface area (Å²) in [5.41, 5.74) is 15.9. The molecule has 0 amide bonds. The number of benzene rings is 7. The van der Waals surface area contributed by atoms with Crippen LogP contribution in [0.2, 0.25) is 0 Å². The minimum absolute atomic E-state index is 0.159. The first-order valence-corrected chi connectivity index (χ1v) is 20.5. The van der Waals surface area contributed by atoms with Gasteiger partial charge in [-0.3, -0.25) is 0 Å². The third-order valence-corrected chi connectivity index (χ3v) is 14.5. The molecule has 10 rings (SSSR count). The molecular weight excluding hydrogens is 638 g/mol. The quantitative estimate of drug-likeness (QED) is 0.173. The van der Waals surface area contributed by atoms with Crippen molar-refractivity contribution in [2.75, 3.05) is 28.0 Å². The Labute approximate surface area is 301 Å². The van der Waals surface area contributed by atoms with Crippen LogP contribution in [0.3, 0.4) is 0 Å². The van der Waals surface area contributed by atoms with Gasteiger partial charge in [-0.15, -0.1) is 0 Å². The number of nitrogens with zero attached hydrogens (tertiary/aromatic N) is 3. The van der Waals surface area contributed by atoms with Crippen molar-refractivity contribution in [3.05, 3.63) is 175 Å². The number of hydrogen-bond acceptors (Lipinski definition) is 3. The molecule has 246 valence electrons. The zero-order valence-corrected chi connectivity index (χ0v) is 30.3. The molecule has 7 aromatic carbocycles. The smallest absolute Gasteiger partial charge is 0.122 e. The van der Waals surface area contributed by atoms with Crippen molar-refractivity contribution in [3.8, 4) is 11.1 Å². The molecular formula is C47H39N3P+. The van der Waals surface area contributed by atoms with Crippen LogP contribution in [-0.2, 0) is 5.41 Å². The van der Waals surface area contributed by atoms with E-state index < -0.39 is 7.26 Å². The van der Waals surface area contributed by atoms with Gasteiger partial charge in [0.15, 0.2) is 0 Å². The highest BCUT2D eigenvalue weighted by molar-refractivity contribution is 7.89. The third-order valence-electron chi connectivity index (χ3n) is 11.4. The van der Waals surface area contributed by atoms with Gasteiger partial charge in [0.1, 0.15) is 10.6 Å². The topological polar surface area (TPSA) is 9.72 Å². The number of anilines is 9. The third kappa shape index (κ3) is 4.28. The summed E-state index contributed by atoms with van der Waals surface area (Å²) in [5.74, 6) is 0. The Hall–Kier alpha value is -5.63. The molecule has 0 N–H and O–H groups in total. The Morgan fingerprint density at radius 1 is 0.392 bits per heavy atom. The molecule has 3 nitrogen and oxygen atoms in total. The second-order valence-corrected chi connectivity index (χ2v) is 18.7. The molecule has 0 spiro atoms. The lowest BCUT2D eigenvalue weighted by molar-refractivity contribution is 0.631. The van der Waals surface area contributed by atoms with Crippen LogP contribution in [0.15, 0.2) is 164 Å². The summed E-state index contributed by atoms with van der Waals surface area (Å²) in [6, 6.07) is 60.7. The van der Waals surface area contributed by atoms with Crippen molar-refractivity contribution < 1.29 is 0 Å². The zero-order chi connectivity index (χ0) is 34.5. The monoisotopic (exact) mass is 676 g/mol. The van der Waals surface area contributed by atoms with Crippen LogP contribution in [0.4, 0.5) is 51.2 Å². The van der Waals surface area contributed by atoms with Crippen LogP contribution in [-0.4, -0.2) is 13.3 Å². The summed E-state index contributed by atoms with van der Waals surface area (Å²) in [6.45, 7) is 9.63. The maximum atomic E-state index is 2.52. The van der Waals surface area contributed by atoms with Gasteiger partial charge in [-0.25, -0.2) is 0 Å². The molecule has 0 fully saturated rings. The Bertz CT molecular complexity index is 2450. The number of hydrogen-bond donors (Lipinski definition) is 0. The van der Waals surface area contributed by atoms with Crippen molar-refractivity contribution >= 4 is 69.1 Å². The van der Waals surface area contributed by atoms with Gasteiger partial charge in [0.2, 0.25) is 0 Å². The molecule has 0 saturated heterocycles. The van der Waals surface area contributed by atoms with Crippen LogP contribution in [0.25, 0.3) is 11.1 Å². The first kappa shape index (κ1) is 30.2. The Balaban J connectivity index is 1.17. The number of rotatable bonds is 3. The second-order valence-electron chi connectivity index (χ2n) is 14.8. The zero-order valence-electron chi connectivity index (χ0n) is 29.4. The molecule has 7 aromatic rings. The molecule has 3 aliphatic rings. The summed E-state index contributed by atoms with van der Waals surface area (Å²) in [5, 5.41) is 2.90. The van der Waals surface area contributed by atoms with Crippen molar-refractivity contribution in [1.82, 2.24) is 0 Å². The normalized spacial score (nSPS) is 15.6. The molecule has 0 saturated carbocycles. The van der Waals surface area contributed by atoms with E-state index in [1.165, 1.54) is 78.4 Å². The predicted molar refractivity (Wildman–Crippen MR) is 220 cm³/mol. The van der Waals surface area contributed by atoms with Crippen LogP contribution in [0.1, 0.15) is 25.0 Å². The minimum atomic E-state index is -1.50. The van der Waals surface area contributed by atoms with Crippen molar-refractivity contribution in [3.63, 3.8) is 0 Å². The van der Waals surface area contributed by atoms with E-state index in [1.54, 1.807) is 0 Å². The van der Waals surface area contributed by atoms with E-state index in [2.05, 4.69) is 206 Å². The van der Waals surface area contributed by atoms with Crippen molar-refractivity contribution in [1.29, 1.82) is 0 Å². The average molecular weight is 677 g/mol. The van der Waals surface area contributed by atoms with Crippen LogP contribution >= 0.6 is 7.26 Å². The lowest BCUT2D eigenvalue weighted by Crippen LogP contribution is -2.35. The Morgan fingerprint density at radius 3 is 1.59 bits per heavy atom. The summed E-state index contributed by atoms with van der Waals surface area (Å²) >= 11 is 0. The van der Waals surface area contributed by atoms with E-state index in [0.29, 0.717) is 0 Å². The van der Waals surface area contributed by atoms with E-state index in [-0.39, 0.29) is 5.41 Å². The lowest BCUT2D eigenvalue weighted by Gasteiger charge is -2.48. The number of para-hydroxylation sites is 4. The predicted octanol–water partition coefficient (Wildman–Crippen LogP) is 12.3. The summed E-state index contributed by atoms with van der Waals surface area (Å²) in [6.07, 6.45) is 0. The molecule has 0 aromatic heterocycles.